The van der Waals surface area contributed by atoms with E-state index >= 15 is 0 Å². The van der Waals surface area contributed by atoms with E-state index in [4.69, 9.17) is 5.11 Å². The highest BCUT2D eigenvalue weighted by Gasteiger charge is 2.04. The van der Waals surface area contributed by atoms with E-state index in [-0.39, 0.29) is 5.56 Å². The summed E-state index contributed by atoms with van der Waals surface area (Å²) in [4.78, 5) is 10.5. The van der Waals surface area contributed by atoms with Crippen LogP contribution in [-0.2, 0) is 0 Å². The van der Waals surface area contributed by atoms with Crippen molar-refractivity contribution in [2.45, 2.75) is 0 Å². The number of rotatable bonds is 2. The second-order valence-electron chi connectivity index (χ2n) is 2.01. The molecule has 0 atom stereocenters. The fourth-order valence-corrected chi connectivity index (χ4v) is 0.805. The molecule has 55 valence electrons. The van der Waals surface area contributed by atoms with E-state index in [1.807, 2.05) is 0 Å². The zero-order valence-electron chi connectivity index (χ0n) is 5.87. The van der Waals surface area contributed by atoms with Crippen molar-refractivity contribution >= 4 is 12.0 Å². The molecule has 2 nitrogen and oxygen atoms in total. The first kappa shape index (κ1) is 7.54. The quantitative estimate of drug-likeness (QED) is 0.692. The van der Waals surface area contributed by atoms with E-state index in [1.54, 1.807) is 12.1 Å². The van der Waals surface area contributed by atoms with Gasteiger partial charge in [-0.1, -0.05) is 24.8 Å². The van der Waals surface area contributed by atoms with Crippen LogP contribution in [0.25, 0.3) is 6.08 Å². The molecular weight excluding hydrogens is 140 g/mol. The number of aromatic carboxylic acids is 1. The predicted octanol–water partition coefficient (Wildman–Crippen LogP) is 1.83. The van der Waals surface area contributed by atoms with Gasteiger partial charge in [0.1, 0.15) is 0 Å². The molecule has 0 unspecified atom stereocenters. The number of hydrogen-bond donors (Lipinski definition) is 1. The van der Waals surface area contributed by atoms with Crippen molar-refractivity contribution in [1.82, 2.24) is 0 Å². The van der Waals surface area contributed by atoms with Crippen molar-refractivity contribution in [2.75, 3.05) is 0 Å². The van der Waals surface area contributed by atoms with Crippen molar-refractivity contribution in [2.24, 2.45) is 0 Å². The summed E-state index contributed by atoms with van der Waals surface area (Å²) < 4.78 is 0. The first-order valence-corrected chi connectivity index (χ1v) is 3.12. The number of carboxylic acid groups (broad SMARTS) is 1. The zero-order valence-corrected chi connectivity index (χ0v) is 5.87. The molecule has 0 amide bonds. The van der Waals surface area contributed by atoms with Gasteiger partial charge in [0, 0.05) is 0 Å². The molecular formula is C9H7O2. The van der Waals surface area contributed by atoms with Gasteiger partial charge in [0.25, 0.3) is 0 Å². The molecule has 11 heavy (non-hydrogen) atoms. The van der Waals surface area contributed by atoms with E-state index in [0.717, 1.165) is 0 Å². The standard InChI is InChI=1S/C9H7O2/c1-2-7-5-3-4-6-8(7)9(10)11/h2-4,6H,1H2,(H,10,11). The Bertz CT molecular complexity index is 289. The average Bonchev–Trinajstić information content (AvgIpc) is 2.04. The Labute approximate surface area is 64.8 Å². The normalized spacial score (nSPS) is 9.09. The second-order valence-corrected chi connectivity index (χ2v) is 2.01. The maximum absolute atomic E-state index is 10.5. The summed E-state index contributed by atoms with van der Waals surface area (Å²) in [6.45, 7) is 3.48. The Balaban J connectivity index is 3.22. The van der Waals surface area contributed by atoms with Gasteiger partial charge in [-0.15, -0.1) is 0 Å². The Morgan fingerprint density at radius 3 is 2.91 bits per heavy atom. The molecule has 0 fully saturated rings. The number of carbonyl (C=O) groups is 1. The molecule has 0 spiro atoms. The Morgan fingerprint density at radius 1 is 1.73 bits per heavy atom. The lowest BCUT2D eigenvalue weighted by Gasteiger charge is -1.96. The molecule has 0 heterocycles. The van der Waals surface area contributed by atoms with Crippen molar-refractivity contribution in [1.29, 1.82) is 0 Å². The van der Waals surface area contributed by atoms with E-state index < -0.39 is 5.97 Å². The van der Waals surface area contributed by atoms with E-state index in [1.165, 1.54) is 12.1 Å². The van der Waals surface area contributed by atoms with Crippen LogP contribution in [0.2, 0.25) is 0 Å². The Hall–Kier alpha value is -1.57. The smallest absolute Gasteiger partial charge is 0.336 e. The van der Waals surface area contributed by atoms with Crippen LogP contribution >= 0.6 is 0 Å². The lowest BCUT2D eigenvalue weighted by Crippen LogP contribution is -1.98. The summed E-state index contributed by atoms with van der Waals surface area (Å²) >= 11 is 0. The molecule has 0 saturated carbocycles. The molecule has 0 aliphatic rings. The van der Waals surface area contributed by atoms with Crippen LogP contribution in [0.3, 0.4) is 0 Å². The summed E-state index contributed by atoms with van der Waals surface area (Å²) in [6.07, 6.45) is 1.48. The first-order valence-electron chi connectivity index (χ1n) is 3.12. The van der Waals surface area contributed by atoms with E-state index in [2.05, 4.69) is 12.6 Å². The van der Waals surface area contributed by atoms with Crippen molar-refractivity contribution in [3.05, 3.63) is 42.0 Å². The molecule has 1 radical (unpaired) electrons. The maximum Gasteiger partial charge on any atom is 0.336 e. The fourth-order valence-electron chi connectivity index (χ4n) is 0.805. The van der Waals surface area contributed by atoms with Crippen LogP contribution < -0.4 is 0 Å². The molecule has 0 saturated heterocycles. The fraction of sp³-hybridized carbons (Fsp3) is 0. The van der Waals surface area contributed by atoms with Gasteiger partial charge in [-0.2, -0.15) is 0 Å². The maximum atomic E-state index is 10.5. The first-order chi connectivity index (χ1) is 5.25. The summed E-state index contributed by atoms with van der Waals surface area (Å²) in [5.74, 6) is -0.947. The van der Waals surface area contributed by atoms with Crippen LogP contribution in [0.4, 0.5) is 0 Å². The molecule has 0 bridgehead atoms. The molecule has 1 N–H and O–H groups in total. The minimum atomic E-state index is -0.947. The monoisotopic (exact) mass is 147 g/mol. The lowest BCUT2D eigenvalue weighted by atomic mass is 10.1. The topological polar surface area (TPSA) is 37.3 Å². The third-order valence-corrected chi connectivity index (χ3v) is 1.32. The highest BCUT2D eigenvalue weighted by molar-refractivity contribution is 5.91. The van der Waals surface area contributed by atoms with Crippen LogP contribution in [-0.4, -0.2) is 11.1 Å². The summed E-state index contributed by atoms with van der Waals surface area (Å²) in [7, 11) is 0. The van der Waals surface area contributed by atoms with Crippen molar-refractivity contribution in [3.8, 4) is 0 Å². The number of benzene rings is 1. The zero-order chi connectivity index (χ0) is 8.27. The number of carboxylic acids is 1. The molecule has 0 aliphatic heterocycles. The Kier molecular flexibility index (Phi) is 2.06. The summed E-state index contributed by atoms with van der Waals surface area (Å²) in [5.41, 5.74) is 0.766. The minimum absolute atomic E-state index is 0.238. The number of hydrogen-bond acceptors (Lipinski definition) is 1. The van der Waals surface area contributed by atoms with Gasteiger partial charge in [-0.3, -0.25) is 0 Å². The molecule has 0 aromatic heterocycles. The van der Waals surface area contributed by atoms with E-state index in [0.29, 0.717) is 5.56 Å². The van der Waals surface area contributed by atoms with Gasteiger partial charge in [0.15, 0.2) is 0 Å². The lowest BCUT2D eigenvalue weighted by molar-refractivity contribution is 0.0696. The Morgan fingerprint density at radius 2 is 2.45 bits per heavy atom. The predicted molar refractivity (Wildman–Crippen MR) is 42.3 cm³/mol. The molecule has 1 aromatic carbocycles. The molecule has 0 aliphatic carbocycles. The largest absolute Gasteiger partial charge is 0.478 e. The van der Waals surface area contributed by atoms with Crippen LogP contribution in [0, 0.1) is 6.07 Å². The molecule has 2 heteroatoms. The van der Waals surface area contributed by atoms with Gasteiger partial charge in [-0.25, -0.2) is 4.79 Å². The van der Waals surface area contributed by atoms with Gasteiger partial charge < -0.3 is 5.11 Å². The van der Waals surface area contributed by atoms with Crippen LogP contribution in [0.15, 0.2) is 24.8 Å². The highest BCUT2D eigenvalue weighted by Crippen LogP contribution is 2.08. The minimum Gasteiger partial charge on any atom is -0.478 e. The van der Waals surface area contributed by atoms with Crippen molar-refractivity contribution in [3.63, 3.8) is 0 Å². The van der Waals surface area contributed by atoms with Gasteiger partial charge in [-0.05, 0) is 17.7 Å². The van der Waals surface area contributed by atoms with Crippen LogP contribution in [0.5, 0.6) is 0 Å². The molecule has 1 aromatic rings. The van der Waals surface area contributed by atoms with Gasteiger partial charge >= 0.3 is 5.97 Å². The van der Waals surface area contributed by atoms with Gasteiger partial charge in [0.2, 0.25) is 0 Å². The summed E-state index contributed by atoms with van der Waals surface area (Å²) in [5, 5.41) is 8.63. The highest BCUT2D eigenvalue weighted by atomic mass is 16.4. The van der Waals surface area contributed by atoms with Crippen molar-refractivity contribution < 1.29 is 9.90 Å². The SMILES string of the molecule is C=Cc1[c]cccc1C(=O)O. The summed E-state index contributed by atoms with van der Waals surface area (Å²) in [6, 6.07) is 7.58. The van der Waals surface area contributed by atoms with E-state index in [9.17, 15) is 4.79 Å². The van der Waals surface area contributed by atoms with Gasteiger partial charge in [0.05, 0.1) is 5.56 Å². The van der Waals surface area contributed by atoms with Crippen LogP contribution in [0.1, 0.15) is 15.9 Å². The third kappa shape index (κ3) is 1.46. The second kappa shape index (κ2) is 3.01. The third-order valence-electron chi connectivity index (χ3n) is 1.32. The molecule has 1 rings (SSSR count). The average molecular weight is 147 g/mol.